The van der Waals surface area contributed by atoms with E-state index in [0.717, 1.165) is 31.2 Å². The molecule has 0 saturated carbocycles. The van der Waals surface area contributed by atoms with Gasteiger partial charge in [0.25, 0.3) is 0 Å². The van der Waals surface area contributed by atoms with Crippen molar-refractivity contribution in [3.63, 3.8) is 0 Å². The molecule has 0 aliphatic rings. The zero-order chi connectivity index (χ0) is 16.0. The van der Waals surface area contributed by atoms with E-state index in [2.05, 4.69) is 18.6 Å². The minimum absolute atomic E-state index is 0.328. The second-order valence-electron chi connectivity index (χ2n) is 5.64. The number of nitrogens with one attached hydrogen (secondary N) is 1. The van der Waals surface area contributed by atoms with Gasteiger partial charge in [0.05, 0.1) is 4.90 Å². The van der Waals surface area contributed by atoms with Crippen LogP contribution in [0.25, 0.3) is 0 Å². The van der Waals surface area contributed by atoms with Crippen LogP contribution in [0.1, 0.15) is 50.7 Å². The highest BCUT2D eigenvalue weighted by molar-refractivity contribution is 7.89. The summed E-state index contributed by atoms with van der Waals surface area (Å²) in [6, 6.07) is 3.35. The highest BCUT2D eigenvalue weighted by Crippen LogP contribution is 2.24. The van der Waals surface area contributed by atoms with Crippen molar-refractivity contribution in [1.82, 2.24) is 4.72 Å². The van der Waals surface area contributed by atoms with Crippen LogP contribution in [0.2, 0.25) is 5.02 Å². The maximum absolute atomic E-state index is 12.5. The molecular formula is C16H26ClNO2S. The third-order valence-electron chi connectivity index (χ3n) is 3.85. The molecule has 1 rings (SSSR count). The molecule has 0 aromatic heterocycles. The van der Waals surface area contributed by atoms with E-state index >= 15 is 0 Å². The fraction of sp³-hybridized carbons (Fsp3) is 0.625. The molecule has 0 heterocycles. The molecule has 0 aliphatic carbocycles. The van der Waals surface area contributed by atoms with Crippen LogP contribution in [-0.2, 0) is 10.0 Å². The zero-order valence-corrected chi connectivity index (χ0v) is 14.9. The Bertz CT molecular complexity index is 570. The second kappa shape index (κ2) is 8.16. The number of aryl methyl sites for hydroxylation is 2. The minimum atomic E-state index is -3.47. The van der Waals surface area contributed by atoms with Crippen molar-refractivity contribution in [3.8, 4) is 0 Å². The van der Waals surface area contributed by atoms with E-state index in [1.54, 1.807) is 19.1 Å². The molecule has 0 radical (unpaired) electrons. The Labute approximate surface area is 134 Å². The summed E-state index contributed by atoms with van der Waals surface area (Å²) in [5, 5.41) is 0.598. The molecule has 1 N–H and O–H groups in total. The monoisotopic (exact) mass is 331 g/mol. The molecule has 21 heavy (non-hydrogen) atoms. The van der Waals surface area contributed by atoms with Crippen LogP contribution in [0.4, 0.5) is 0 Å². The average molecular weight is 332 g/mol. The van der Waals surface area contributed by atoms with E-state index in [0.29, 0.717) is 27.9 Å². The normalized spacial score (nSPS) is 13.4. The lowest BCUT2D eigenvalue weighted by molar-refractivity contribution is 0.443. The highest BCUT2D eigenvalue weighted by atomic mass is 35.5. The summed E-state index contributed by atoms with van der Waals surface area (Å²) in [4.78, 5) is 0.328. The van der Waals surface area contributed by atoms with Gasteiger partial charge in [0.2, 0.25) is 10.0 Å². The Balaban J connectivity index is 2.84. The van der Waals surface area contributed by atoms with Crippen LogP contribution >= 0.6 is 11.6 Å². The number of halogens is 1. The molecule has 120 valence electrons. The molecular weight excluding hydrogens is 306 g/mol. The van der Waals surface area contributed by atoms with Crippen LogP contribution in [0.15, 0.2) is 17.0 Å². The van der Waals surface area contributed by atoms with Crippen LogP contribution in [0.3, 0.4) is 0 Å². The minimum Gasteiger partial charge on any atom is -0.211 e. The number of unbranched alkanes of at least 4 members (excludes halogenated alkanes) is 1. The van der Waals surface area contributed by atoms with Gasteiger partial charge in [0, 0.05) is 11.6 Å². The highest BCUT2D eigenvalue weighted by Gasteiger charge is 2.19. The second-order valence-corrected chi connectivity index (χ2v) is 7.78. The van der Waals surface area contributed by atoms with Gasteiger partial charge in [0.1, 0.15) is 0 Å². The van der Waals surface area contributed by atoms with Crippen molar-refractivity contribution in [2.45, 2.75) is 58.3 Å². The molecule has 1 aromatic carbocycles. The van der Waals surface area contributed by atoms with Crippen molar-refractivity contribution >= 4 is 21.6 Å². The molecule has 1 aromatic rings. The molecule has 0 spiro atoms. The third-order valence-corrected chi connectivity index (χ3v) is 5.82. The first kappa shape index (κ1) is 18.5. The van der Waals surface area contributed by atoms with Crippen LogP contribution in [0, 0.1) is 19.8 Å². The predicted octanol–water partition coefficient (Wildman–Crippen LogP) is 4.45. The summed E-state index contributed by atoms with van der Waals surface area (Å²) in [7, 11) is -3.47. The van der Waals surface area contributed by atoms with E-state index in [9.17, 15) is 8.42 Å². The fourth-order valence-electron chi connectivity index (χ4n) is 2.29. The standard InChI is InChI=1S/C16H26ClNO2S/c1-5-7-8-14(6-2)11-18-21(19,20)16-10-12(3)15(17)9-13(16)4/h9-10,14,18H,5-8,11H2,1-4H3. The predicted molar refractivity (Wildman–Crippen MR) is 89.4 cm³/mol. The third kappa shape index (κ3) is 5.28. The first-order valence-electron chi connectivity index (χ1n) is 7.58. The van der Waals surface area contributed by atoms with Gasteiger partial charge >= 0.3 is 0 Å². The van der Waals surface area contributed by atoms with E-state index in [-0.39, 0.29) is 0 Å². The summed E-state index contributed by atoms with van der Waals surface area (Å²) in [5.74, 6) is 0.397. The summed E-state index contributed by atoms with van der Waals surface area (Å²) < 4.78 is 27.7. The quantitative estimate of drug-likeness (QED) is 0.764. The van der Waals surface area contributed by atoms with Gasteiger partial charge in [-0.2, -0.15) is 0 Å². The van der Waals surface area contributed by atoms with E-state index in [1.165, 1.54) is 0 Å². The number of rotatable bonds is 8. The molecule has 5 heteroatoms. The molecule has 0 amide bonds. The van der Waals surface area contributed by atoms with E-state index in [1.807, 2.05) is 6.92 Å². The Kier molecular flexibility index (Phi) is 7.17. The molecule has 3 nitrogen and oxygen atoms in total. The smallest absolute Gasteiger partial charge is 0.211 e. The first-order valence-corrected chi connectivity index (χ1v) is 9.44. The van der Waals surface area contributed by atoms with Crippen molar-refractivity contribution in [1.29, 1.82) is 0 Å². The average Bonchev–Trinajstić information content (AvgIpc) is 2.43. The number of sulfonamides is 1. The van der Waals surface area contributed by atoms with Crippen molar-refractivity contribution < 1.29 is 8.42 Å². The van der Waals surface area contributed by atoms with Gasteiger partial charge in [-0.25, -0.2) is 13.1 Å². The summed E-state index contributed by atoms with van der Waals surface area (Å²) in [5.41, 5.74) is 1.46. The molecule has 0 saturated heterocycles. The molecule has 1 atom stereocenters. The Morgan fingerprint density at radius 1 is 1.19 bits per heavy atom. The van der Waals surface area contributed by atoms with Crippen LogP contribution < -0.4 is 4.72 Å². The maximum Gasteiger partial charge on any atom is 0.240 e. The SMILES string of the molecule is CCCCC(CC)CNS(=O)(=O)c1cc(C)c(Cl)cc1C. The molecule has 1 unspecified atom stereocenters. The van der Waals surface area contributed by atoms with Crippen molar-refractivity contribution in [2.75, 3.05) is 6.54 Å². The number of hydrogen-bond acceptors (Lipinski definition) is 2. The maximum atomic E-state index is 12.5. The summed E-state index contributed by atoms with van der Waals surface area (Å²) in [6.45, 7) is 8.34. The molecule has 0 fully saturated rings. The lowest BCUT2D eigenvalue weighted by Gasteiger charge is -2.16. The lowest BCUT2D eigenvalue weighted by Crippen LogP contribution is -2.29. The largest absolute Gasteiger partial charge is 0.240 e. The van der Waals surface area contributed by atoms with Gasteiger partial charge in [0.15, 0.2) is 0 Å². The number of benzene rings is 1. The van der Waals surface area contributed by atoms with Gasteiger partial charge < -0.3 is 0 Å². The summed E-state index contributed by atoms with van der Waals surface area (Å²) in [6.07, 6.45) is 4.33. The summed E-state index contributed by atoms with van der Waals surface area (Å²) >= 11 is 6.03. The fourth-order valence-corrected chi connectivity index (χ4v) is 3.94. The topological polar surface area (TPSA) is 46.2 Å². The first-order chi connectivity index (χ1) is 9.81. The number of hydrogen-bond donors (Lipinski definition) is 1. The zero-order valence-electron chi connectivity index (χ0n) is 13.4. The Hall–Kier alpha value is -0.580. The van der Waals surface area contributed by atoms with Crippen molar-refractivity contribution in [3.05, 3.63) is 28.3 Å². The Morgan fingerprint density at radius 3 is 2.43 bits per heavy atom. The molecule has 0 bridgehead atoms. The van der Waals surface area contributed by atoms with E-state index in [4.69, 9.17) is 11.6 Å². The lowest BCUT2D eigenvalue weighted by atomic mass is 10.00. The van der Waals surface area contributed by atoms with Gasteiger partial charge in [-0.15, -0.1) is 0 Å². The molecule has 0 aliphatic heterocycles. The van der Waals surface area contributed by atoms with Gasteiger partial charge in [-0.3, -0.25) is 0 Å². The van der Waals surface area contributed by atoms with Crippen LogP contribution in [-0.4, -0.2) is 15.0 Å². The van der Waals surface area contributed by atoms with Gasteiger partial charge in [-0.1, -0.05) is 44.7 Å². The van der Waals surface area contributed by atoms with Gasteiger partial charge in [-0.05, 0) is 49.4 Å². The van der Waals surface area contributed by atoms with Crippen molar-refractivity contribution in [2.24, 2.45) is 5.92 Å². The van der Waals surface area contributed by atoms with Crippen LogP contribution in [0.5, 0.6) is 0 Å². The van der Waals surface area contributed by atoms with E-state index < -0.39 is 10.0 Å². The Morgan fingerprint density at radius 2 is 1.86 bits per heavy atom.